The van der Waals surface area contributed by atoms with Gasteiger partial charge in [0.2, 0.25) is 0 Å². The van der Waals surface area contributed by atoms with Crippen molar-refractivity contribution in [3.8, 4) is 11.4 Å². The van der Waals surface area contributed by atoms with Gasteiger partial charge in [0.1, 0.15) is 11.6 Å². The summed E-state index contributed by atoms with van der Waals surface area (Å²) in [5, 5.41) is 4.05. The lowest BCUT2D eigenvalue weighted by atomic mass is 10.1. The monoisotopic (exact) mass is 334 g/mol. The summed E-state index contributed by atoms with van der Waals surface area (Å²) >= 11 is 0. The smallest absolute Gasteiger partial charge is 0.124 e. The van der Waals surface area contributed by atoms with Crippen molar-refractivity contribution in [2.75, 3.05) is 12.4 Å². The minimum Gasteiger partial charge on any atom is -0.497 e. The summed E-state index contributed by atoms with van der Waals surface area (Å²) in [6.45, 7) is 0. The zero-order valence-electron chi connectivity index (χ0n) is 13.5. The molecule has 5 nitrogen and oxygen atoms in total. The molecule has 6 heteroatoms. The predicted octanol–water partition coefficient (Wildman–Crippen LogP) is 4.31. The number of benzene rings is 2. The third-order valence-corrected chi connectivity index (χ3v) is 3.91. The molecule has 4 rings (SSSR count). The predicted molar refractivity (Wildman–Crippen MR) is 95.1 cm³/mol. The molecule has 0 bridgehead atoms. The first-order valence-corrected chi connectivity index (χ1v) is 7.71. The second kappa shape index (κ2) is 6.24. The maximum Gasteiger partial charge on any atom is 0.124 e. The number of ether oxygens (including phenoxy) is 1. The van der Waals surface area contributed by atoms with Crippen LogP contribution in [-0.4, -0.2) is 21.6 Å². The van der Waals surface area contributed by atoms with Gasteiger partial charge in [-0.25, -0.2) is 9.37 Å². The first kappa shape index (κ1) is 15.1. The Morgan fingerprint density at radius 2 is 2.00 bits per heavy atom. The minimum absolute atomic E-state index is 0.298. The lowest BCUT2D eigenvalue weighted by molar-refractivity contribution is 0.415. The van der Waals surface area contributed by atoms with Gasteiger partial charge in [-0.1, -0.05) is 0 Å². The number of halogens is 1. The van der Waals surface area contributed by atoms with Gasteiger partial charge in [-0.2, -0.15) is 0 Å². The average Bonchev–Trinajstić information content (AvgIpc) is 3.17. The van der Waals surface area contributed by atoms with Crippen molar-refractivity contribution < 1.29 is 9.13 Å². The molecule has 0 unspecified atom stereocenters. The highest BCUT2D eigenvalue weighted by Gasteiger charge is 2.07. The second-order valence-electron chi connectivity index (χ2n) is 5.53. The van der Waals surface area contributed by atoms with Crippen molar-refractivity contribution in [3.63, 3.8) is 0 Å². The highest BCUT2D eigenvalue weighted by atomic mass is 19.1. The molecule has 2 aromatic carbocycles. The molecule has 0 amide bonds. The molecule has 0 saturated carbocycles. The minimum atomic E-state index is -0.298. The van der Waals surface area contributed by atoms with Gasteiger partial charge in [-0.3, -0.25) is 4.98 Å². The Morgan fingerprint density at radius 3 is 2.80 bits per heavy atom. The SMILES string of the molecule is COc1cc(Nc2ccnc3ccc(F)cc23)cc(-n2ccnc2)c1. The summed E-state index contributed by atoms with van der Waals surface area (Å²) in [7, 11) is 1.62. The molecular formula is C19H15FN4O. The van der Waals surface area contributed by atoms with E-state index in [2.05, 4.69) is 15.3 Å². The lowest BCUT2D eigenvalue weighted by Gasteiger charge is -2.13. The quantitative estimate of drug-likeness (QED) is 0.604. The van der Waals surface area contributed by atoms with Crippen LogP contribution in [0, 0.1) is 5.82 Å². The molecule has 0 radical (unpaired) electrons. The maximum atomic E-state index is 13.6. The normalized spacial score (nSPS) is 10.8. The standard InChI is InChI=1S/C19H15FN4O/c1-25-16-10-14(9-15(11-16)24-7-6-21-12-24)23-19-4-5-22-18-3-2-13(20)8-17(18)19/h2-12H,1H3,(H,22,23). The summed E-state index contributed by atoms with van der Waals surface area (Å²) in [4.78, 5) is 8.34. The third kappa shape index (κ3) is 3.01. The van der Waals surface area contributed by atoms with Crippen molar-refractivity contribution in [3.05, 3.63) is 73.2 Å². The van der Waals surface area contributed by atoms with Crippen LogP contribution in [0.25, 0.3) is 16.6 Å². The lowest BCUT2D eigenvalue weighted by Crippen LogP contribution is -1.97. The van der Waals surface area contributed by atoms with Gasteiger partial charge in [-0.15, -0.1) is 0 Å². The van der Waals surface area contributed by atoms with Gasteiger partial charge >= 0.3 is 0 Å². The Labute approximate surface area is 143 Å². The summed E-state index contributed by atoms with van der Waals surface area (Å²) in [6, 6.07) is 12.1. The van der Waals surface area contributed by atoms with Crippen molar-refractivity contribution in [2.24, 2.45) is 0 Å². The van der Waals surface area contributed by atoms with Crippen LogP contribution in [-0.2, 0) is 0 Å². The van der Waals surface area contributed by atoms with E-state index in [4.69, 9.17) is 4.74 Å². The van der Waals surface area contributed by atoms with E-state index in [1.807, 2.05) is 35.0 Å². The van der Waals surface area contributed by atoms with Crippen LogP contribution < -0.4 is 10.1 Å². The second-order valence-corrected chi connectivity index (χ2v) is 5.53. The molecular weight excluding hydrogens is 319 g/mol. The number of pyridine rings is 1. The molecule has 0 atom stereocenters. The van der Waals surface area contributed by atoms with Gasteiger partial charge < -0.3 is 14.6 Å². The third-order valence-electron chi connectivity index (χ3n) is 3.91. The number of anilines is 2. The van der Waals surface area contributed by atoms with Crippen molar-refractivity contribution in [1.29, 1.82) is 0 Å². The van der Waals surface area contributed by atoms with Crippen LogP contribution in [0.5, 0.6) is 5.75 Å². The maximum absolute atomic E-state index is 13.6. The fraction of sp³-hybridized carbons (Fsp3) is 0.0526. The fourth-order valence-electron chi connectivity index (χ4n) is 2.72. The number of rotatable bonds is 4. The average molecular weight is 334 g/mol. The van der Waals surface area contributed by atoms with Gasteiger partial charge in [0.05, 0.1) is 24.6 Å². The molecule has 0 fully saturated rings. The highest BCUT2D eigenvalue weighted by molar-refractivity contribution is 5.93. The summed E-state index contributed by atoms with van der Waals surface area (Å²) in [5.74, 6) is 0.409. The Morgan fingerprint density at radius 1 is 1.08 bits per heavy atom. The molecule has 124 valence electrons. The van der Waals surface area contributed by atoms with E-state index in [1.165, 1.54) is 12.1 Å². The largest absolute Gasteiger partial charge is 0.497 e. The number of hydrogen-bond acceptors (Lipinski definition) is 4. The first-order valence-electron chi connectivity index (χ1n) is 7.71. The van der Waals surface area contributed by atoms with Crippen LogP contribution in [0.15, 0.2) is 67.4 Å². The molecule has 0 aliphatic rings. The summed E-state index contributed by atoms with van der Waals surface area (Å²) in [6.07, 6.45) is 6.98. The van der Waals surface area contributed by atoms with E-state index >= 15 is 0 Å². The Kier molecular flexibility index (Phi) is 3.78. The van der Waals surface area contributed by atoms with E-state index in [9.17, 15) is 4.39 Å². The van der Waals surface area contributed by atoms with E-state index in [0.29, 0.717) is 5.75 Å². The van der Waals surface area contributed by atoms with Gasteiger partial charge in [0.25, 0.3) is 0 Å². The van der Waals surface area contributed by atoms with Crippen LogP contribution in [0.3, 0.4) is 0 Å². The zero-order chi connectivity index (χ0) is 17.2. The van der Waals surface area contributed by atoms with Gasteiger partial charge in [0.15, 0.2) is 0 Å². The molecule has 1 N–H and O–H groups in total. The van der Waals surface area contributed by atoms with Crippen LogP contribution in [0.4, 0.5) is 15.8 Å². The zero-order valence-corrected chi connectivity index (χ0v) is 13.5. The van der Waals surface area contributed by atoms with E-state index in [-0.39, 0.29) is 5.82 Å². The topological polar surface area (TPSA) is 52.0 Å². The molecule has 2 aromatic heterocycles. The van der Waals surface area contributed by atoms with E-state index in [0.717, 1.165) is 28.0 Å². The van der Waals surface area contributed by atoms with Crippen molar-refractivity contribution >= 4 is 22.3 Å². The summed E-state index contributed by atoms with van der Waals surface area (Å²) < 4.78 is 20.9. The van der Waals surface area contributed by atoms with E-state index < -0.39 is 0 Å². The molecule has 0 saturated heterocycles. The fourth-order valence-corrected chi connectivity index (χ4v) is 2.72. The van der Waals surface area contributed by atoms with Gasteiger partial charge in [-0.05, 0) is 30.3 Å². The van der Waals surface area contributed by atoms with Crippen molar-refractivity contribution in [2.45, 2.75) is 0 Å². The number of hydrogen-bond donors (Lipinski definition) is 1. The molecule has 0 aliphatic heterocycles. The molecule has 25 heavy (non-hydrogen) atoms. The van der Waals surface area contributed by atoms with Crippen molar-refractivity contribution in [1.82, 2.24) is 14.5 Å². The summed E-state index contributed by atoms with van der Waals surface area (Å²) in [5.41, 5.74) is 3.22. The van der Waals surface area contributed by atoms with E-state index in [1.54, 1.807) is 31.9 Å². The molecule has 0 aliphatic carbocycles. The number of nitrogens with zero attached hydrogens (tertiary/aromatic N) is 3. The Hall–Kier alpha value is -3.41. The highest BCUT2D eigenvalue weighted by Crippen LogP contribution is 2.29. The number of methoxy groups -OCH3 is 1. The van der Waals surface area contributed by atoms with Crippen LogP contribution in [0.1, 0.15) is 0 Å². The number of aromatic nitrogens is 3. The molecule has 2 heterocycles. The Bertz CT molecular complexity index is 1030. The molecule has 0 spiro atoms. The number of nitrogens with one attached hydrogen (secondary N) is 1. The van der Waals surface area contributed by atoms with Crippen LogP contribution in [0.2, 0.25) is 0 Å². The van der Waals surface area contributed by atoms with Crippen LogP contribution >= 0.6 is 0 Å². The Balaban J connectivity index is 1.78. The van der Waals surface area contributed by atoms with Gasteiger partial charge in [0, 0.05) is 47.5 Å². The first-order chi connectivity index (χ1) is 12.2. The number of imidazole rings is 1. The molecule has 4 aromatic rings. The number of fused-ring (bicyclic) bond motifs is 1.